The molecule has 0 fully saturated rings. The molecule has 0 aliphatic heterocycles. The van der Waals surface area contributed by atoms with Crippen molar-refractivity contribution in [1.82, 2.24) is 9.38 Å². The van der Waals surface area contributed by atoms with Gasteiger partial charge in [-0.2, -0.15) is 0 Å². The van der Waals surface area contributed by atoms with Crippen LogP contribution in [0.15, 0.2) is 54.7 Å². The van der Waals surface area contributed by atoms with Gasteiger partial charge in [-0.25, -0.2) is 4.98 Å². The Labute approximate surface area is 157 Å². The van der Waals surface area contributed by atoms with Gasteiger partial charge in [-0.15, -0.1) is 0 Å². The van der Waals surface area contributed by atoms with Crippen molar-refractivity contribution >= 4 is 28.2 Å². The lowest BCUT2D eigenvalue weighted by Crippen LogP contribution is -2.14. The number of nitrogen functional groups attached to an aromatic ring is 1. The van der Waals surface area contributed by atoms with Crippen molar-refractivity contribution in [2.75, 3.05) is 5.73 Å². The highest BCUT2D eigenvalue weighted by molar-refractivity contribution is 5.97. The lowest BCUT2D eigenvalue weighted by molar-refractivity contribution is -0.137. The van der Waals surface area contributed by atoms with Crippen LogP contribution in [0.3, 0.4) is 0 Å². The average Bonchev–Trinajstić information content (AvgIpc) is 2.99. The molecule has 0 saturated carbocycles. The van der Waals surface area contributed by atoms with Gasteiger partial charge in [0, 0.05) is 17.1 Å². The fourth-order valence-electron chi connectivity index (χ4n) is 3.15. The highest BCUT2D eigenvalue weighted by atomic mass is 16.5. The second-order valence-electron chi connectivity index (χ2n) is 6.99. The first-order valence-electron chi connectivity index (χ1n) is 8.93. The number of nitrogens with two attached hydrogens (primary N) is 1. The van der Waals surface area contributed by atoms with Crippen molar-refractivity contribution < 1.29 is 9.53 Å². The molecular formula is C22H21N3O2. The van der Waals surface area contributed by atoms with E-state index in [0.29, 0.717) is 11.6 Å². The number of rotatable bonds is 3. The van der Waals surface area contributed by atoms with E-state index in [4.69, 9.17) is 15.5 Å². The standard InChI is InChI=1S/C22H21N3O2/c1-13(2)22(26)27-16-9-8-15-10-11-25-20(23)19(24-21(25)18(15)12-16)17-7-5-4-6-14(17)3/h4-13H,23H2,1-3H3. The van der Waals surface area contributed by atoms with Crippen molar-refractivity contribution in [1.29, 1.82) is 0 Å². The summed E-state index contributed by atoms with van der Waals surface area (Å²) >= 11 is 0. The first kappa shape index (κ1) is 17.1. The molecule has 0 radical (unpaired) electrons. The van der Waals surface area contributed by atoms with Gasteiger partial charge in [-0.05, 0) is 36.1 Å². The number of aryl methyl sites for hydroxylation is 1. The summed E-state index contributed by atoms with van der Waals surface area (Å²) in [6.07, 6.45) is 1.92. The van der Waals surface area contributed by atoms with Gasteiger partial charge in [-0.3, -0.25) is 9.20 Å². The molecular weight excluding hydrogens is 338 g/mol. The fourth-order valence-corrected chi connectivity index (χ4v) is 3.15. The van der Waals surface area contributed by atoms with Gasteiger partial charge in [0.25, 0.3) is 0 Å². The zero-order valence-corrected chi connectivity index (χ0v) is 15.6. The molecule has 0 saturated heterocycles. The van der Waals surface area contributed by atoms with Gasteiger partial charge in [0.15, 0.2) is 0 Å². The summed E-state index contributed by atoms with van der Waals surface area (Å²) in [6.45, 7) is 5.66. The molecule has 0 spiro atoms. The third-order valence-corrected chi connectivity index (χ3v) is 4.71. The predicted molar refractivity (Wildman–Crippen MR) is 108 cm³/mol. The SMILES string of the molecule is Cc1ccccc1-c1nc2c3cc(OC(=O)C(C)C)ccc3ccn2c1N. The smallest absolute Gasteiger partial charge is 0.313 e. The number of hydrogen-bond acceptors (Lipinski definition) is 4. The molecule has 4 aromatic rings. The second-order valence-corrected chi connectivity index (χ2v) is 6.99. The van der Waals surface area contributed by atoms with E-state index < -0.39 is 0 Å². The third-order valence-electron chi connectivity index (χ3n) is 4.71. The normalized spacial score (nSPS) is 11.4. The van der Waals surface area contributed by atoms with E-state index in [1.54, 1.807) is 6.07 Å². The maximum atomic E-state index is 11.9. The summed E-state index contributed by atoms with van der Waals surface area (Å²) in [5, 5.41) is 1.89. The summed E-state index contributed by atoms with van der Waals surface area (Å²) in [6, 6.07) is 15.6. The third kappa shape index (κ3) is 2.91. The molecule has 2 aromatic heterocycles. The molecule has 4 rings (SSSR count). The van der Waals surface area contributed by atoms with Crippen molar-refractivity contribution in [3.63, 3.8) is 0 Å². The van der Waals surface area contributed by atoms with Crippen LogP contribution in [-0.4, -0.2) is 15.4 Å². The number of pyridine rings is 1. The number of hydrogen-bond donors (Lipinski definition) is 1. The van der Waals surface area contributed by atoms with E-state index in [-0.39, 0.29) is 11.9 Å². The number of aromatic nitrogens is 2. The van der Waals surface area contributed by atoms with Gasteiger partial charge >= 0.3 is 5.97 Å². The molecule has 5 heteroatoms. The number of imidazole rings is 1. The lowest BCUT2D eigenvalue weighted by atomic mass is 10.1. The fraction of sp³-hybridized carbons (Fsp3) is 0.182. The average molecular weight is 359 g/mol. The van der Waals surface area contributed by atoms with Gasteiger partial charge in [-0.1, -0.05) is 44.2 Å². The Morgan fingerprint density at radius 1 is 1.15 bits per heavy atom. The van der Waals surface area contributed by atoms with Crippen LogP contribution in [-0.2, 0) is 4.79 Å². The number of esters is 1. The van der Waals surface area contributed by atoms with Gasteiger partial charge in [0.1, 0.15) is 22.9 Å². The Bertz CT molecular complexity index is 1180. The highest BCUT2D eigenvalue weighted by Gasteiger charge is 2.16. The Balaban J connectivity index is 1.91. The van der Waals surface area contributed by atoms with Crippen molar-refractivity contribution in [2.45, 2.75) is 20.8 Å². The predicted octanol–water partition coefficient (Wildman–Crippen LogP) is 4.61. The Morgan fingerprint density at radius 2 is 1.93 bits per heavy atom. The number of nitrogens with zero attached hydrogens (tertiary/aromatic N) is 2. The minimum Gasteiger partial charge on any atom is -0.426 e. The maximum Gasteiger partial charge on any atom is 0.313 e. The van der Waals surface area contributed by atoms with E-state index >= 15 is 0 Å². The number of benzene rings is 2. The van der Waals surface area contributed by atoms with Crippen LogP contribution in [0.1, 0.15) is 19.4 Å². The Morgan fingerprint density at radius 3 is 2.67 bits per heavy atom. The molecule has 0 bridgehead atoms. The summed E-state index contributed by atoms with van der Waals surface area (Å²) in [5.41, 5.74) is 10.0. The van der Waals surface area contributed by atoms with E-state index in [1.807, 2.05) is 73.8 Å². The summed E-state index contributed by atoms with van der Waals surface area (Å²) in [4.78, 5) is 16.8. The molecule has 2 heterocycles. The Hall–Kier alpha value is -3.34. The minimum absolute atomic E-state index is 0.189. The lowest BCUT2D eigenvalue weighted by Gasteiger charge is -2.08. The molecule has 0 amide bonds. The number of fused-ring (bicyclic) bond motifs is 3. The number of ether oxygens (including phenoxy) is 1. The maximum absolute atomic E-state index is 11.9. The minimum atomic E-state index is -0.259. The van der Waals surface area contributed by atoms with Gasteiger partial charge in [0.2, 0.25) is 0 Å². The molecule has 0 unspecified atom stereocenters. The first-order chi connectivity index (χ1) is 13.0. The molecule has 2 aromatic carbocycles. The molecule has 2 N–H and O–H groups in total. The van der Waals surface area contributed by atoms with Crippen LogP contribution in [0, 0.1) is 12.8 Å². The van der Waals surface area contributed by atoms with Crippen LogP contribution in [0.5, 0.6) is 5.75 Å². The summed E-state index contributed by atoms with van der Waals surface area (Å²) in [7, 11) is 0. The number of carbonyl (C=O) groups excluding carboxylic acids is 1. The van der Waals surface area contributed by atoms with Crippen LogP contribution in [0.4, 0.5) is 5.82 Å². The van der Waals surface area contributed by atoms with Crippen LogP contribution < -0.4 is 10.5 Å². The van der Waals surface area contributed by atoms with Gasteiger partial charge in [0.05, 0.1) is 5.92 Å². The second kappa shape index (κ2) is 6.43. The molecule has 136 valence electrons. The molecule has 0 aliphatic carbocycles. The van der Waals surface area contributed by atoms with Crippen molar-refractivity contribution in [2.24, 2.45) is 5.92 Å². The molecule has 0 aliphatic rings. The van der Waals surface area contributed by atoms with E-state index in [0.717, 1.165) is 33.2 Å². The van der Waals surface area contributed by atoms with Crippen LogP contribution >= 0.6 is 0 Å². The molecule has 0 atom stereocenters. The van der Waals surface area contributed by atoms with Crippen LogP contribution in [0.25, 0.3) is 27.7 Å². The first-order valence-corrected chi connectivity index (χ1v) is 8.93. The Kier molecular flexibility index (Phi) is 4.07. The van der Waals surface area contributed by atoms with E-state index in [1.165, 1.54) is 0 Å². The van der Waals surface area contributed by atoms with E-state index in [2.05, 4.69) is 0 Å². The monoisotopic (exact) mass is 359 g/mol. The summed E-state index contributed by atoms with van der Waals surface area (Å²) in [5.74, 6) is 0.648. The topological polar surface area (TPSA) is 69.6 Å². The van der Waals surface area contributed by atoms with E-state index in [9.17, 15) is 4.79 Å². The highest BCUT2D eigenvalue weighted by Crippen LogP contribution is 2.32. The molecule has 27 heavy (non-hydrogen) atoms. The van der Waals surface area contributed by atoms with Crippen molar-refractivity contribution in [3.8, 4) is 17.0 Å². The number of carbonyl (C=O) groups is 1. The summed E-state index contributed by atoms with van der Waals surface area (Å²) < 4.78 is 7.34. The quantitative estimate of drug-likeness (QED) is 0.428. The largest absolute Gasteiger partial charge is 0.426 e. The molecule has 5 nitrogen and oxygen atoms in total. The zero-order valence-electron chi connectivity index (χ0n) is 15.6. The van der Waals surface area contributed by atoms with Crippen LogP contribution in [0.2, 0.25) is 0 Å². The number of anilines is 1. The zero-order chi connectivity index (χ0) is 19.1. The van der Waals surface area contributed by atoms with Crippen molar-refractivity contribution in [3.05, 3.63) is 60.3 Å². The van der Waals surface area contributed by atoms with Gasteiger partial charge < -0.3 is 10.5 Å².